The summed E-state index contributed by atoms with van der Waals surface area (Å²) in [5, 5.41) is -4.64. The van der Waals surface area contributed by atoms with Crippen molar-refractivity contribution in [1.82, 2.24) is 0 Å². The van der Waals surface area contributed by atoms with Crippen LogP contribution >= 0.6 is 0 Å². The van der Waals surface area contributed by atoms with Crippen LogP contribution < -0.4 is 0 Å². The first-order valence-corrected chi connectivity index (χ1v) is 11.8. The molecule has 0 saturated carbocycles. The molecule has 1 nitrogen and oxygen atoms in total. The number of benzene rings is 4. The molecular formula is C26H12F10OS. The minimum Gasteiger partial charge on any atom is -0.258 e. The summed E-state index contributed by atoms with van der Waals surface area (Å²) < 4.78 is 158. The zero-order chi connectivity index (χ0) is 27.9. The molecule has 2 unspecified atom stereocenters. The van der Waals surface area contributed by atoms with E-state index in [1.165, 1.54) is 36.4 Å². The van der Waals surface area contributed by atoms with E-state index in [0.29, 0.717) is 0 Å². The molecule has 0 aliphatic carbocycles. The molecule has 4 rings (SSSR count). The third-order valence-electron chi connectivity index (χ3n) is 5.68. The van der Waals surface area contributed by atoms with Gasteiger partial charge in [-0.2, -0.15) is 0 Å². The van der Waals surface area contributed by atoms with Gasteiger partial charge in [0, 0.05) is 21.9 Å². The van der Waals surface area contributed by atoms with Crippen molar-refractivity contribution in [2.45, 2.75) is 10.5 Å². The van der Waals surface area contributed by atoms with Crippen molar-refractivity contribution in [2.24, 2.45) is 0 Å². The summed E-state index contributed by atoms with van der Waals surface area (Å²) in [6.45, 7) is 0. The van der Waals surface area contributed by atoms with Crippen LogP contribution in [0, 0.1) is 58.2 Å². The highest BCUT2D eigenvalue weighted by Crippen LogP contribution is 2.44. The van der Waals surface area contributed by atoms with Gasteiger partial charge >= 0.3 is 0 Å². The Morgan fingerprint density at radius 2 is 0.632 bits per heavy atom. The summed E-state index contributed by atoms with van der Waals surface area (Å²) in [5.41, 5.74) is -3.90. The van der Waals surface area contributed by atoms with Gasteiger partial charge in [0.2, 0.25) is 11.6 Å². The second-order valence-electron chi connectivity index (χ2n) is 7.88. The van der Waals surface area contributed by atoms with Gasteiger partial charge in [0.05, 0.1) is 10.5 Å². The molecule has 0 aliphatic heterocycles. The standard InChI is InChI=1S/C26H12F10OS/c27-15-13(16(28)20(32)23(35)19(15)31)25(11-7-3-1-4-8-11)38(37)26(12-9-5-2-6-10-12)14-17(29)21(33)24(36)22(34)18(14)30/h1-10,25-26H. The molecule has 4 aromatic carbocycles. The van der Waals surface area contributed by atoms with Crippen LogP contribution in [-0.2, 0) is 10.8 Å². The fourth-order valence-corrected chi connectivity index (χ4v) is 5.93. The summed E-state index contributed by atoms with van der Waals surface area (Å²) in [6, 6.07) is 12.1. The third-order valence-corrected chi connectivity index (χ3v) is 7.63. The van der Waals surface area contributed by atoms with E-state index in [9.17, 15) is 48.1 Å². The Morgan fingerprint density at radius 1 is 0.395 bits per heavy atom. The monoisotopic (exact) mass is 562 g/mol. The molecule has 12 heteroatoms. The Balaban J connectivity index is 2.09. The van der Waals surface area contributed by atoms with Gasteiger partial charge in [-0.3, -0.25) is 4.21 Å². The van der Waals surface area contributed by atoms with E-state index in [0.717, 1.165) is 24.3 Å². The average molecular weight is 562 g/mol. The third kappa shape index (κ3) is 4.46. The van der Waals surface area contributed by atoms with E-state index in [1.54, 1.807) is 0 Å². The van der Waals surface area contributed by atoms with Gasteiger partial charge in [0.1, 0.15) is 0 Å². The SMILES string of the molecule is O=S(C(c1ccccc1)c1c(F)c(F)c(F)c(F)c1F)C(c1ccccc1)c1c(F)c(F)c(F)c(F)c1F. The van der Waals surface area contributed by atoms with Gasteiger partial charge in [-0.25, -0.2) is 43.9 Å². The minimum absolute atomic E-state index is 0.334. The van der Waals surface area contributed by atoms with E-state index >= 15 is 0 Å². The summed E-state index contributed by atoms with van der Waals surface area (Å²) in [5.74, 6) is -24.1. The van der Waals surface area contributed by atoms with Crippen molar-refractivity contribution in [2.75, 3.05) is 0 Å². The largest absolute Gasteiger partial charge is 0.258 e. The Labute approximate surface area is 210 Å². The Hall–Kier alpha value is -3.67. The predicted octanol–water partition coefficient (Wildman–Crippen LogP) is 7.71. The number of halogens is 10. The second kappa shape index (κ2) is 10.6. The average Bonchev–Trinajstić information content (AvgIpc) is 2.94. The summed E-state index contributed by atoms with van der Waals surface area (Å²) in [6.07, 6.45) is 0. The second-order valence-corrected chi connectivity index (χ2v) is 9.48. The summed E-state index contributed by atoms with van der Waals surface area (Å²) in [7, 11) is -3.16. The van der Waals surface area contributed by atoms with Crippen LogP contribution in [0.1, 0.15) is 32.8 Å². The number of rotatable bonds is 6. The van der Waals surface area contributed by atoms with Crippen molar-refractivity contribution in [1.29, 1.82) is 0 Å². The molecule has 0 N–H and O–H groups in total. The molecule has 0 fully saturated rings. The maximum atomic E-state index is 14.9. The van der Waals surface area contributed by atoms with E-state index < -0.39 is 90.6 Å². The van der Waals surface area contributed by atoms with Crippen molar-refractivity contribution in [3.8, 4) is 0 Å². The molecule has 0 bridgehead atoms. The molecule has 0 radical (unpaired) electrons. The first-order chi connectivity index (χ1) is 18.0. The lowest BCUT2D eigenvalue weighted by molar-refractivity contribution is 0.369. The van der Waals surface area contributed by atoms with Crippen LogP contribution in [0.3, 0.4) is 0 Å². The van der Waals surface area contributed by atoms with Crippen LogP contribution in [-0.4, -0.2) is 4.21 Å². The fourth-order valence-electron chi connectivity index (χ4n) is 3.93. The molecule has 0 saturated heterocycles. The molecule has 0 heterocycles. The van der Waals surface area contributed by atoms with E-state index in [1.807, 2.05) is 0 Å². The minimum atomic E-state index is -3.16. The van der Waals surface area contributed by atoms with Gasteiger partial charge in [-0.15, -0.1) is 0 Å². The van der Waals surface area contributed by atoms with Crippen molar-refractivity contribution >= 4 is 10.8 Å². The highest BCUT2D eigenvalue weighted by Gasteiger charge is 2.41. The summed E-state index contributed by atoms with van der Waals surface area (Å²) >= 11 is 0. The lowest BCUT2D eigenvalue weighted by Crippen LogP contribution is -2.23. The van der Waals surface area contributed by atoms with Gasteiger partial charge in [0.15, 0.2) is 46.5 Å². The first-order valence-electron chi connectivity index (χ1n) is 10.5. The van der Waals surface area contributed by atoms with E-state index in [-0.39, 0.29) is 11.1 Å². The molecule has 38 heavy (non-hydrogen) atoms. The lowest BCUT2D eigenvalue weighted by atomic mass is 10.0. The highest BCUT2D eigenvalue weighted by molar-refractivity contribution is 7.86. The topological polar surface area (TPSA) is 17.1 Å². The Morgan fingerprint density at radius 3 is 0.895 bits per heavy atom. The number of hydrogen-bond acceptors (Lipinski definition) is 1. The zero-order valence-electron chi connectivity index (χ0n) is 18.5. The Bertz CT molecular complexity index is 1370. The van der Waals surface area contributed by atoms with Gasteiger partial charge in [-0.05, 0) is 11.1 Å². The Kier molecular flexibility index (Phi) is 7.63. The lowest BCUT2D eigenvalue weighted by Gasteiger charge is -2.26. The van der Waals surface area contributed by atoms with Crippen molar-refractivity contribution in [3.63, 3.8) is 0 Å². The molecule has 0 spiro atoms. The quantitative estimate of drug-likeness (QED) is 0.134. The van der Waals surface area contributed by atoms with Crippen LogP contribution in [0.2, 0.25) is 0 Å². The molecule has 4 aromatic rings. The van der Waals surface area contributed by atoms with Gasteiger partial charge in [-0.1, -0.05) is 60.7 Å². The fraction of sp³-hybridized carbons (Fsp3) is 0.0769. The van der Waals surface area contributed by atoms with Crippen LogP contribution in [0.25, 0.3) is 0 Å². The van der Waals surface area contributed by atoms with Gasteiger partial charge < -0.3 is 0 Å². The molecule has 198 valence electrons. The summed E-state index contributed by atoms with van der Waals surface area (Å²) in [4.78, 5) is 0. The molecular weight excluding hydrogens is 550 g/mol. The number of hydrogen-bond donors (Lipinski definition) is 0. The van der Waals surface area contributed by atoms with Crippen LogP contribution in [0.15, 0.2) is 60.7 Å². The first kappa shape index (κ1) is 27.4. The normalized spacial score (nSPS) is 13.8. The maximum Gasteiger partial charge on any atom is 0.200 e. The molecule has 0 amide bonds. The van der Waals surface area contributed by atoms with Crippen LogP contribution in [0.4, 0.5) is 43.9 Å². The molecule has 0 aliphatic rings. The molecule has 2 atom stereocenters. The van der Waals surface area contributed by atoms with E-state index in [2.05, 4.69) is 0 Å². The predicted molar refractivity (Wildman–Crippen MR) is 117 cm³/mol. The van der Waals surface area contributed by atoms with Crippen molar-refractivity contribution < 1.29 is 48.1 Å². The zero-order valence-corrected chi connectivity index (χ0v) is 19.3. The smallest absolute Gasteiger partial charge is 0.200 e. The van der Waals surface area contributed by atoms with Crippen LogP contribution in [0.5, 0.6) is 0 Å². The van der Waals surface area contributed by atoms with Crippen molar-refractivity contribution in [3.05, 3.63) is 141 Å². The highest BCUT2D eigenvalue weighted by atomic mass is 32.2. The van der Waals surface area contributed by atoms with Gasteiger partial charge in [0.25, 0.3) is 0 Å². The maximum absolute atomic E-state index is 14.9. The molecule has 0 aromatic heterocycles. The van der Waals surface area contributed by atoms with E-state index in [4.69, 9.17) is 0 Å².